The third-order valence-electron chi connectivity index (χ3n) is 3.90. The van der Waals surface area contributed by atoms with E-state index in [1.54, 1.807) is 34.8 Å². The van der Waals surface area contributed by atoms with Gasteiger partial charge in [-0.05, 0) is 44.8 Å². The number of hydrogen-bond acceptors (Lipinski definition) is 5. The Balaban J connectivity index is 0.000000261. The summed E-state index contributed by atoms with van der Waals surface area (Å²) in [4.78, 5) is 0. The molecule has 0 bridgehead atoms. The Kier molecular flexibility index (Phi) is 5.90. The quantitative estimate of drug-likeness (QED) is 0.720. The molecule has 0 aliphatic carbocycles. The molecule has 0 atom stereocenters. The molecule has 2 rings (SSSR count). The van der Waals surface area contributed by atoms with Crippen LogP contribution in [0.3, 0.4) is 0 Å². The Labute approximate surface area is 133 Å². The summed E-state index contributed by atoms with van der Waals surface area (Å²) in [5.74, 6) is 0.871. The lowest BCUT2D eigenvalue weighted by Crippen LogP contribution is -2.44. The van der Waals surface area contributed by atoms with Crippen molar-refractivity contribution in [3.05, 3.63) is 17.2 Å². The fourth-order valence-corrected chi connectivity index (χ4v) is 1.66. The minimum atomic E-state index is -1.01. The molecule has 3 N–H and O–H groups in total. The van der Waals surface area contributed by atoms with Gasteiger partial charge in [0.15, 0.2) is 0 Å². The van der Waals surface area contributed by atoms with E-state index in [1.807, 2.05) is 6.07 Å². The average Bonchev–Trinajstić information content (AvgIpc) is 2.82. The standard InChI is InChI=1S/C10H11BO3.C6H14O2/c1-13-5-6-4-8-7(2-3-14-8)10(12)9(6)11;1-5(2,7)6(3,4)8/h4,12H,2-3,5H2,1H3;7-8H,1-4H3. The molecule has 6 heteroatoms. The SMILES string of the molecule is CC(C)(O)C(C)(C)O.[B]c1c(COC)cc2c(c1O)CCO2. The summed E-state index contributed by atoms with van der Waals surface area (Å²) in [6, 6.07) is 1.83. The number of aliphatic hydroxyl groups is 2. The Hall–Kier alpha value is -1.24. The summed E-state index contributed by atoms with van der Waals surface area (Å²) in [5, 5.41) is 28.0. The molecule has 0 saturated carbocycles. The molecule has 1 heterocycles. The molecule has 22 heavy (non-hydrogen) atoms. The van der Waals surface area contributed by atoms with Crippen LogP contribution in [-0.4, -0.2) is 48.1 Å². The van der Waals surface area contributed by atoms with E-state index in [1.165, 1.54) is 0 Å². The number of ether oxygens (including phenoxy) is 2. The van der Waals surface area contributed by atoms with Gasteiger partial charge in [0.25, 0.3) is 0 Å². The number of fused-ring (bicyclic) bond motifs is 1. The van der Waals surface area contributed by atoms with E-state index >= 15 is 0 Å². The van der Waals surface area contributed by atoms with Gasteiger partial charge in [0.2, 0.25) is 0 Å². The van der Waals surface area contributed by atoms with Crippen molar-refractivity contribution in [2.45, 2.75) is 51.9 Å². The first kappa shape index (κ1) is 18.8. The van der Waals surface area contributed by atoms with Crippen molar-refractivity contribution in [2.24, 2.45) is 0 Å². The highest BCUT2D eigenvalue weighted by molar-refractivity contribution is 6.35. The fraction of sp³-hybridized carbons (Fsp3) is 0.625. The molecule has 0 amide bonds. The monoisotopic (exact) mass is 308 g/mol. The van der Waals surface area contributed by atoms with Gasteiger partial charge < -0.3 is 24.8 Å². The van der Waals surface area contributed by atoms with Crippen LogP contribution in [0.15, 0.2) is 6.07 Å². The van der Waals surface area contributed by atoms with E-state index in [-0.39, 0.29) is 5.75 Å². The van der Waals surface area contributed by atoms with E-state index in [2.05, 4.69) is 0 Å². The lowest BCUT2D eigenvalue weighted by Gasteiger charge is -2.31. The molecule has 5 nitrogen and oxygen atoms in total. The zero-order chi connectivity index (χ0) is 17.1. The second-order valence-electron chi connectivity index (χ2n) is 6.42. The van der Waals surface area contributed by atoms with Gasteiger partial charge in [-0.3, -0.25) is 0 Å². The van der Waals surface area contributed by atoms with E-state index in [4.69, 9.17) is 27.5 Å². The van der Waals surface area contributed by atoms with Crippen LogP contribution in [0.2, 0.25) is 0 Å². The summed E-state index contributed by atoms with van der Waals surface area (Å²) < 4.78 is 10.3. The summed E-state index contributed by atoms with van der Waals surface area (Å²) in [7, 11) is 7.34. The first-order valence-corrected chi connectivity index (χ1v) is 7.18. The molecule has 0 unspecified atom stereocenters. The number of phenols is 1. The molecule has 0 aromatic heterocycles. The van der Waals surface area contributed by atoms with E-state index in [0.717, 1.165) is 23.3 Å². The second-order valence-corrected chi connectivity index (χ2v) is 6.42. The summed E-state index contributed by atoms with van der Waals surface area (Å²) in [6.45, 7) is 7.30. The highest BCUT2D eigenvalue weighted by Gasteiger charge is 2.31. The Morgan fingerprint density at radius 2 is 1.77 bits per heavy atom. The van der Waals surface area contributed by atoms with E-state index < -0.39 is 11.2 Å². The molecule has 1 aromatic carbocycles. The number of rotatable bonds is 3. The molecular formula is C16H25BO5. The van der Waals surface area contributed by atoms with Gasteiger partial charge >= 0.3 is 0 Å². The number of hydrogen-bond donors (Lipinski definition) is 3. The lowest BCUT2D eigenvalue weighted by molar-refractivity contribution is -0.107. The van der Waals surface area contributed by atoms with Crippen LogP contribution in [0.1, 0.15) is 38.8 Å². The summed E-state index contributed by atoms with van der Waals surface area (Å²) in [6.07, 6.45) is 0.721. The molecular weight excluding hydrogens is 283 g/mol. The fourth-order valence-electron chi connectivity index (χ4n) is 1.66. The van der Waals surface area contributed by atoms with Gasteiger partial charge in [-0.1, -0.05) is 0 Å². The average molecular weight is 308 g/mol. The summed E-state index contributed by atoms with van der Waals surface area (Å²) in [5.41, 5.74) is -0.0379. The predicted octanol–water partition coefficient (Wildman–Crippen LogP) is 0.795. The first-order chi connectivity index (χ1) is 9.99. The minimum Gasteiger partial charge on any atom is -0.508 e. The van der Waals surface area contributed by atoms with Crippen molar-refractivity contribution < 1.29 is 24.8 Å². The topological polar surface area (TPSA) is 79.2 Å². The van der Waals surface area contributed by atoms with Gasteiger partial charge in [-0.2, -0.15) is 0 Å². The van der Waals surface area contributed by atoms with E-state index in [9.17, 15) is 5.11 Å². The van der Waals surface area contributed by atoms with Crippen molar-refractivity contribution in [3.8, 4) is 11.5 Å². The molecule has 1 aliphatic rings. The molecule has 122 valence electrons. The highest BCUT2D eigenvalue weighted by Crippen LogP contribution is 2.32. The smallest absolute Gasteiger partial charge is 0.126 e. The molecule has 0 fully saturated rings. The molecule has 2 radical (unpaired) electrons. The normalized spacial score (nSPS) is 14.0. The van der Waals surface area contributed by atoms with Crippen LogP contribution in [0.25, 0.3) is 0 Å². The zero-order valence-electron chi connectivity index (χ0n) is 13.9. The Morgan fingerprint density at radius 3 is 2.23 bits per heavy atom. The van der Waals surface area contributed by atoms with Gasteiger partial charge in [0.1, 0.15) is 19.3 Å². The van der Waals surface area contributed by atoms with Crippen molar-refractivity contribution >= 4 is 13.3 Å². The van der Waals surface area contributed by atoms with Crippen molar-refractivity contribution in [1.82, 2.24) is 0 Å². The molecule has 0 spiro atoms. The molecule has 1 aromatic rings. The molecule has 1 aliphatic heterocycles. The lowest BCUT2D eigenvalue weighted by atomic mass is 9.87. The molecule has 0 saturated heterocycles. The van der Waals surface area contributed by atoms with Crippen LogP contribution >= 0.6 is 0 Å². The maximum absolute atomic E-state index is 9.77. The number of phenolic OH excluding ortho intramolecular Hbond substituents is 1. The van der Waals surface area contributed by atoms with Crippen molar-refractivity contribution in [3.63, 3.8) is 0 Å². The Morgan fingerprint density at radius 1 is 1.23 bits per heavy atom. The zero-order valence-corrected chi connectivity index (χ0v) is 13.9. The van der Waals surface area contributed by atoms with Crippen LogP contribution in [0.4, 0.5) is 0 Å². The van der Waals surface area contributed by atoms with Crippen molar-refractivity contribution in [1.29, 1.82) is 0 Å². The summed E-state index contributed by atoms with van der Waals surface area (Å²) >= 11 is 0. The van der Waals surface area contributed by atoms with Gasteiger partial charge in [-0.15, -0.1) is 0 Å². The van der Waals surface area contributed by atoms with Gasteiger partial charge in [0, 0.05) is 19.1 Å². The maximum atomic E-state index is 9.77. The first-order valence-electron chi connectivity index (χ1n) is 7.18. The number of benzene rings is 1. The largest absolute Gasteiger partial charge is 0.508 e. The number of methoxy groups -OCH3 is 1. The van der Waals surface area contributed by atoms with Crippen LogP contribution in [0, 0.1) is 0 Å². The minimum absolute atomic E-state index is 0.145. The van der Waals surface area contributed by atoms with Crippen LogP contribution < -0.4 is 10.2 Å². The third kappa shape index (κ3) is 4.38. The van der Waals surface area contributed by atoms with Gasteiger partial charge in [-0.25, -0.2) is 0 Å². The van der Waals surface area contributed by atoms with Gasteiger partial charge in [0.05, 0.1) is 24.4 Å². The van der Waals surface area contributed by atoms with Crippen LogP contribution in [-0.2, 0) is 17.8 Å². The predicted molar refractivity (Wildman–Crippen MR) is 86.0 cm³/mol. The van der Waals surface area contributed by atoms with Crippen molar-refractivity contribution in [2.75, 3.05) is 13.7 Å². The highest BCUT2D eigenvalue weighted by atomic mass is 16.5. The Bertz CT molecular complexity index is 503. The third-order valence-corrected chi connectivity index (χ3v) is 3.90. The second kappa shape index (κ2) is 6.90. The van der Waals surface area contributed by atoms with Crippen LogP contribution in [0.5, 0.6) is 11.5 Å². The maximum Gasteiger partial charge on any atom is 0.126 e. The number of aromatic hydroxyl groups is 1. The van der Waals surface area contributed by atoms with E-state index in [0.29, 0.717) is 18.7 Å².